The molecule has 0 spiro atoms. The van der Waals surface area contributed by atoms with Crippen molar-refractivity contribution in [1.29, 1.82) is 0 Å². The first-order valence-corrected chi connectivity index (χ1v) is 8.08. The monoisotopic (exact) mass is 336 g/mol. The van der Waals surface area contributed by atoms with Crippen LogP contribution in [0, 0.1) is 0 Å². The Labute approximate surface area is 142 Å². The minimum Gasteiger partial charge on any atom is -0.352 e. The van der Waals surface area contributed by atoms with Crippen molar-refractivity contribution in [3.05, 3.63) is 31.1 Å². The molecule has 4 aromatic rings. The van der Waals surface area contributed by atoms with E-state index in [2.05, 4.69) is 40.0 Å². The first-order valence-electron chi connectivity index (χ1n) is 8.08. The van der Waals surface area contributed by atoms with E-state index in [4.69, 9.17) is 0 Å². The minimum absolute atomic E-state index is 0.751. The normalized spacial score (nSPS) is 15.4. The lowest BCUT2D eigenvalue weighted by Crippen LogP contribution is -2.47. The first-order chi connectivity index (χ1) is 12.3. The molecule has 5 heterocycles. The van der Waals surface area contributed by atoms with Gasteiger partial charge in [-0.15, -0.1) is 15.3 Å². The summed E-state index contributed by atoms with van der Waals surface area (Å²) >= 11 is 0. The van der Waals surface area contributed by atoms with Crippen LogP contribution >= 0.6 is 0 Å². The Morgan fingerprint density at radius 2 is 1.76 bits per heavy atom. The Morgan fingerprint density at radius 1 is 0.920 bits per heavy atom. The molecule has 1 saturated heterocycles. The number of nitrogens with zero attached hydrogens (tertiary/aromatic N) is 10. The summed E-state index contributed by atoms with van der Waals surface area (Å²) in [6, 6.07) is 3.92. The van der Waals surface area contributed by atoms with Crippen LogP contribution in [0.4, 0.5) is 11.6 Å². The number of anilines is 2. The molecule has 0 unspecified atom stereocenters. The van der Waals surface area contributed by atoms with Gasteiger partial charge in [0, 0.05) is 33.2 Å². The van der Waals surface area contributed by atoms with Gasteiger partial charge in [-0.25, -0.2) is 15.0 Å². The van der Waals surface area contributed by atoms with E-state index < -0.39 is 0 Å². The summed E-state index contributed by atoms with van der Waals surface area (Å²) in [4.78, 5) is 17.7. The second-order valence-corrected chi connectivity index (χ2v) is 6.02. The SMILES string of the molecule is Cn1cnc2c(N3CCN(c4ccc5nncn5n4)CC3)ncnc21. The van der Waals surface area contributed by atoms with Crippen LogP contribution in [0.5, 0.6) is 0 Å². The van der Waals surface area contributed by atoms with Crippen molar-refractivity contribution in [3.63, 3.8) is 0 Å². The maximum atomic E-state index is 4.57. The maximum Gasteiger partial charge on any atom is 0.177 e. The third-order valence-electron chi connectivity index (χ3n) is 4.53. The molecule has 25 heavy (non-hydrogen) atoms. The molecule has 0 bridgehead atoms. The zero-order valence-electron chi connectivity index (χ0n) is 13.7. The van der Waals surface area contributed by atoms with Crippen molar-refractivity contribution >= 4 is 28.4 Å². The highest BCUT2D eigenvalue weighted by Crippen LogP contribution is 2.23. The number of hydrogen-bond donors (Lipinski definition) is 0. The Bertz CT molecular complexity index is 1040. The average Bonchev–Trinajstić information content (AvgIpc) is 3.28. The predicted molar refractivity (Wildman–Crippen MR) is 91.5 cm³/mol. The maximum absolute atomic E-state index is 4.57. The van der Waals surface area contributed by atoms with E-state index in [1.807, 2.05) is 23.7 Å². The second-order valence-electron chi connectivity index (χ2n) is 6.02. The third-order valence-corrected chi connectivity index (χ3v) is 4.53. The zero-order chi connectivity index (χ0) is 16.8. The molecule has 1 aliphatic heterocycles. The van der Waals surface area contributed by atoms with Crippen LogP contribution in [0.1, 0.15) is 0 Å². The van der Waals surface area contributed by atoms with Crippen LogP contribution in [0.3, 0.4) is 0 Å². The molecule has 0 aromatic carbocycles. The quantitative estimate of drug-likeness (QED) is 0.510. The van der Waals surface area contributed by atoms with Gasteiger partial charge in [0.15, 0.2) is 22.6 Å². The molecular weight excluding hydrogens is 320 g/mol. The predicted octanol–water partition coefficient (Wildman–Crippen LogP) is 0.128. The van der Waals surface area contributed by atoms with Crippen LogP contribution in [-0.4, -0.2) is 65.5 Å². The first kappa shape index (κ1) is 14.1. The van der Waals surface area contributed by atoms with Gasteiger partial charge < -0.3 is 14.4 Å². The highest BCUT2D eigenvalue weighted by Gasteiger charge is 2.22. The molecule has 0 atom stereocenters. The van der Waals surface area contributed by atoms with E-state index in [1.54, 1.807) is 23.5 Å². The van der Waals surface area contributed by atoms with Crippen LogP contribution in [-0.2, 0) is 7.05 Å². The standard InChI is InChI=1S/C15H16N10/c1-22-9-18-13-14(22)16-8-17-15(13)24-6-4-23(5-7-24)12-3-2-11-20-19-10-25(11)21-12/h2-3,8-10H,4-7H2,1H3. The number of fused-ring (bicyclic) bond motifs is 2. The Kier molecular flexibility index (Phi) is 3.02. The van der Waals surface area contributed by atoms with Crippen molar-refractivity contribution in [1.82, 2.24) is 39.3 Å². The summed E-state index contributed by atoms with van der Waals surface area (Å²) in [6.07, 6.45) is 5.00. The van der Waals surface area contributed by atoms with Crippen molar-refractivity contribution in [2.24, 2.45) is 7.05 Å². The van der Waals surface area contributed by atoms with Gasteiger partial charge in [-0.2, -0.15) is 4.52 Å². The van der Waals surface area contributed by atoms with Gasteiger partial charge in [-0.05, 0) is 12.1 Å². The highest BCUT2D eigenvalue weighted by molar-refractivity contribution is 5.83. The fourth-order valence-electron chi connectivity index (χ4n) is 3.20. The smallest absolute Gasteiger partial charge is 0.177 e. The molecule has 10 nitrogen and oxygen atoms in total. The molecule has 0 aliphatic carbocycles. The summed E-state index contributed by atoms with van der Waals surface area (Å²) in [7, 11) is 1.94. The van der Waals surface area contributed by atoms with E-state index in [-0.39, 0.29) is 0 Å². The molecule has 0 amide bonds. The number of aromatic nitrogens is 8. The zero-order valence-corrected chi connectivity index (χ0v) is 13.7. The van der Waals surface area contributed by atoms with Gasteiger partial charge in [0.1, 0.15) is 18.5 Å². The van der Waals surface area contributed by atoms with Crippen molar-refractivity contribution in [2.45, 2.75) is 0 Å². The fourth-order valence-corrected chi connectivity index (χ4v) is 3.20. The van der Waals surface area contributed by atoms with Crippen molar-refractivity contribution in [3.8, 4) is 0 Å². The minimum atomic E-state index is 0.751. The van der Waals surface area contributed by atoms with Gasteiger partial charge in [0.25, 0.3) is 0 Å². The number of rotatable bonds is 2. The second kappa shape index (κ2) is 5.36. The summed E-state index contributed by atoms with van der Waals surface area (Å²) in [5, 5.41) is 12.4. The molecule has 0 N–H and O–H groups in total. The van der Waals surface area contributed by atoms with E-state index in [1.165, 1.54) is 0 Å². The summed E-state index contributed by atoms with van der Waals surface area (Å²) in [5.74, 6) is 1.82. The number of piperazine rings is 1. The molecule has 5 rings (SSSR count). The molecular formula is C15H16N10. The van der Waals surface area contributed by atoms with Crippen molar-refractivity contribution < 1.29 is 0 Å². The summed E-state index contributed by atoms with van der Waals surface area (Å²) in [6.45, 7) is 3.42. The lowest BCUT2D eigenvalue weighted by atomic mass is 10.3. The summed E-state index contributed by atoms with van der Waals surface area (Å²) < 4.78 is 3.61. The molecule has 10 heteroatoms. The van der Waals surface area contributed by atoms with Gasteiger partial charge in [-0.1, -0.05) is 0 Å². The van der Waals surface area contributed by atoms with Gasteiger partial charge in [0.05, 0.1) is 6.33 Å². The molecule has 0 saturated carbocycles. The number of imidazole rings is 1. The Balaban J connectivity index is 1.38. The average molecular weight is 336 g/mol. The fraction of sp³-hybridized carbons (Fsp3) is 0.333. The van der Waals surface area contributed by atoms with Crippen LogP contribution in [0.15, 0.2) is 31.1 Å². The van der Waals surface area contributed by atoms with Crippen LogP contribution in [0.25, 0.3) is 16.8 Å². The van der Waals surface area contributed by atoms with E-state index in [0.29, 0.717) is 0 Å². The molecule has 126 valence electrons. The highest BCUT2D eigenvalue weighted by atomic mass is 15.4. The largest absolute Gasteiger partial charge is 0.352 e. The Morgan fingerprint density at radius 3 is 2.64 bits per heavy atom. The molecule has 4 aromatic heterocycles. The molecule has 1 aliphatic rings. The number of hydrogen-bond acceptors (Lipinski definition) is 8. The van der Waals surface area contributed by atoms with E-state index in [9.17, 15) is 0 Å². The third kappa shape index (κ3) is 2.25. The molecule has 0 radical (unpaired) electrons. The van der Waals surface area contributed by atoms with Gasteiger partial charge in [-0.3, -0.25) is 0 Å². The van der Waals surface area contributed by atoms with E-state index in [0.717, 1.165) is 54.6 Å². The van der Waals surface area contributed by atoms with Crippen LogP contribution < -0.4 is 9.80 Å². The summed E-state index contributed by atoms with van der Waals surface area (Å²) in [5.41, 5.74) is 2.45. The molecule has 1 fully saturated rings. The lowest BCUT2D eigenvalue weighted by Gasteiger charge is -2.35. The van der Waals surface area contributed by atoms with Gasteiger partial charge >= 0.3 is 0 Å². The van der Waals surface area contributed by atoms with E-state index >= 15 is 0 Å². The van der Waals surface area contributed by atoms with Crippen LogP contribution in [0.2, 0.25) is 0 Å². The van der Waals surface area contributed by atoms with Gasteiger partial charge in [0.2, 0.25) is 0 Å². The topological polar surface area (TPSA) is 93.2 Å². The Hall–Kier alpha value is -3.30. The lowest BCUT2D eigenvalue weighted by molar-refractivity contribution is 0.637. The van der Waals surface area contributed by atoms with Crippen molar-refractivity contribution in [2.75, 3.05) is 36.0 Å². The number of aryl methyl sites for hydroxylation is 1.